The number of nitrogens with one attached hydrogen (secondary N) is 1. The standard InChI is InChI=1S/C20H25N3O/c1-3-23-12-6-10-18(23)14-22-20(24)17-9-4-8-16(13-17)19-15(2)7-5-11-21-19/h4-5,7-9,11,13,18H,3,6,10,12,14H2,1-2H3,(H,22,24). The molecule has 0 saturated carbocycles. The van der Waals surface area contributed by atoms with Crippen LogP contribution < -0.4 is 5.32 Å². The normalized spacial score (nSPS) is 17.8. The van der Waals surface area contributed by atoms with E-state index in [4.69, 9.17) is 0 Å². The van der Waals surface area contributed by atoms with E-state index in [0.717, 1.165) is 36.5 Å². The summed E-state index contributed by atoms with van der Waals surface area (Å²) in [6.07, 6.45) is 4.18. The van der Waals surface area contributed by atoms with Crippen LogP contribution in [0.15, 0.2) is 42.6 Å². The number of rotatable bonds is 5. The van der Waals surface area contributed by atoms with Crippen LogP contribution in [0.3, 0.4) is 0 Å². The molecular formula is C20H25N3O. The van der Waals surface area contributed by atoms with E-state index in [1.165, 1.54) is 12.8 Å². The molecule has 1 fully saturated rings. The van der Waals surface area contributed by atoms with Crippen molar-refractivity contribution in [2.75, 3.05) is 19.6 Å². The molecular weight excluding hydrogens is 298 g/mol. The highest BCUT2D eigenvalue weighted by Gasteiger charge is 2.23. The highest BCUT2D eigenvalue weighted by atomic mass is 16.1. The first-order valence-electron chi connectivity index (χ1n) is 8.73. The molecule has 24 heavy (non-hydrogen) atoms. The highest BCUT2D eigenvalue weighted by Crippen LogP contribution is 2.21. The number of amides is 1. The molecule has 1 atom stereocenters. The molecule has 3 rings (SSSR count). The van der Waals surface area contributed by atoms with Gasteiger partial charge in [0, 0.05) is 29.9 Å². The summed E-state index contributed by atoms with van der Waals surface area (Å²) in [5, 5.41) is 3.10. The predicted molar refractivity (Wildman–Crippen MR) is 97.0 cm³/mol. The molecule has 2 heterocycles. The van der Waals surface area contributed by atoms with Crippen molar-refractivity contribution in [3.8, 4) is 11.3 Å². The molecule has 1 N–H and O–H groups in total. The average molecular weight is 323 g/mol. The molecule has 0 aliphatic carbocycles. The molecule has 4 nitrogen and oxygen atoms in total. The molecule has 1 saturated heterocycles. The van der Waals surface area contributed by atoms with Crippen molar-refractivity contribution in [2.45, 2.75) is 32.7 Å². The number of pyridine rings is 1. The van der Waals surface area contributed by atoms with Gasteiger partial charge in [-0.25, -0.2) is 0 Å². The van der Waals surface area contributed by atoms with Gasteiger partial charge in [-0.1, -0.05) is 25.1 Å². The van der Waals surface area contributed by atoms with Gasteiger partial charge in [0.1, 0.15) is 0 Å². The number of carbonyl (C=O) groups is 1. The number of aryl methyl sites for hydroxylation is 1. The lowest BCUT2D eigenvalue weighted by Gasteiger charge is -2.22. The molecule has 1 amide bonds. The zero-order valence-corrected chi connectivity index (χ0v) is 14.5. The van der Waals surface area contributed by atoms with Gasteiger partial charge in [-0.05, 0) is 56.6 Å². The second kappa shape index (κ2) is 7.58. The van der Waals surface area contributed by atoms with Crippen LogP contribution in [0.4, 0.5) is 0 Å². The zero-order valence-electron chi connectivity index (χ0n) is 14.5. The molecule has 1 aromatic carbocycles. The molecule has 0 bridgehead atoms. The van der Waals surface area contributed by atoms with E-state index >= 15 is 0 Å². The highest BCUT2D eigenvalue weighted by molar-refractivity contribution is 5.95. The first-order chi connectivity index (χ1) is 11.7. The Morgan fingerprint density at radius 3 is 3.00 bits per heavy atom. The monoisotopic (exact) mass is 323 g/mol. The van der Waals surface area contributed by atoms with Gasteiger partial charge >= 0.3 is 0 Å². The Kier molecular flexibility index (Phi) is 5.26. The maximum Gasteiger partial charge on any atom is 0.251 e. The largest absolute Gasteiger partial charge is 0.350 e. The van der Waals surface area contributed by atoms with Crippen molar-refractivity contribution < 1.29 is 4.79 Å². The number of hydrogen-bond donors (Lipinski definition) is 1. The number of likely N-dealkylation sites (N-methyl/N-ethyl adjacent to an activating group) is 1. The summed E-state index contributed by atoms with van der Waals surface area (Å²) in [7, 11) is 0. The van der Waals surface area contributed by atoms with Gasteiger partial charge in [-0.3, -0.25) is 14.7 Å². The van der Waals surface area contributed by atoms with Crippen LogP contribution in [0.25, 0.3) is 11.3 Å². The third kappa shape index (κ3) is 3.65. The van der Waals surface area contributed by atoms with Gasteiger partial charge in [0.2, 0.25) is 0 Å². The van der Waals surface area contributed by atoms with Gasteiger partial charge in [-0.15, -0.1) is 0 Å². The fraction of sp³-hybridized carbons (Fsp3) is 0.400. The average Bonchev–Trinajstić information content (AvgIpc) is 3.07. The molecule has 1 aromatic heterocycles. The summed E-state index contributed by atoms with van der Waals surface area (Å²) in [6.45, 7) is 7.13. The lowest BCUT2D eigenvalue weighted by molar-refractivity contribution is 0.0941. The zero-order chi connectivity index (χ0) is 16.9. The minimum absolute atomic E-state index is 0.00612. The van der Waals surface area contributed by atoms with E-state index in [-0.39, 0.29) is 5.91 Å². The third-order valence-electron chi connectivity index (χ3n) is 4.81. The Morgan fingerprint density at radius 2 is 2.21 bits per heavy atom. The van der Waals surface area contributed by atoms with Crippen molar-refractivity contribution in [2.24, 2.45) is 0 Å². The number of benzene rings is 1. The number of aromatic nitrogens is 1. The molecule has 1 aliphatic heterocycles. The van der Waals surface area contributed by atoms with E-state index in [1.807, 2.05) is 43.3 Å². The van der Waals surface area contributed by atoms with Gasteiger partial charge in [-0.2, -0.15) is 0 Å². The SMILES string of the molecule is CCN1CCCC1CNC(=O)c1cccc(-c2ncccc2C)c1. The fourth-order valence-corrected chi connectivity index (χ4v) is 3.45. The summed E-state index contributed by atoms with van der Waals surface area (Å²) in [6, 6.07) is 12.2. The Balaban J connectivity index is 1.70. The number of carbonyl (C=O) groups excluding carboxylic acids is 1. The van der Waals surface area contributed by atoms with E-state index < -0.39 is 0 Å². The number of likely N-dealkylation sites (tertiary alicyclic amines) is 1. The van der Waals surface area contributed by atoms with Gasteiger partial charge in [0.15, 0.2) is 0 Å². The van der Waals surface area contributed by atoms with Crippen molar-refractivity contribution in [1.82, 2.24) is 15.2 Å². The van der Waals surface area contributed by atoms with Crippen molar-refractivity contribution in [3.63, 3.8) is 0 Å². The van der Waals surface area contributed by atoms with Crippen LogP contribution >= 0.6 is 0 Å². The lowest BCUT2D eigenvalue weighted by atomic mass is 10.0. The van der Waals surface area contributed by atoms with E-state index in [2.05, 4.69) is 22.1 Å². The van der Waals surface area contributed by atoms with E-state index in [1.54, 1.807) is 6.20 Å². The van der Waals surface area contributed by atoms with Crippen LogP contribution in [0.1, 0.15) is 35.7 Å². The second-order valence-electron chi connectivity index (χ2n) is 6.38. The van der Waals surface area contributed by atoms with E-state index in [0.29, 0.717) is 11.6 Å². The summed E-state index contributed by atoms with van der Waals surface area (Å²) in [4.78, 5) is 19.4. The molecule has 1 aliphatic rings. The molecule has 126 valence electrons. The minimum Gasteiger partial charge on any atom is -0.350 e. The minimum atomic E-state index is -0.00612. The van der Waals surface area contributed by atoms with Crippen LogP contribution in [0.5, 0.6) is 0 Å². The smallest absolute Gasteiger partial charge is 0.251 e. The number of nitrogens with zero attached hydrogens (tertiary/aromatic N) is 2. The van der Waals surface area contributed by atoms with Crippen LogP contribution in [0, 0.1) is 6.92 Å². The first kappa shape index (κ1) is 16.7. The Hall–Kier alpha value is -2.20. The summed E-state index contributed by atoms with van der Waals surface area (Å²) in [5.74, 6) is -0.00612. The first-order valence-corrected chi connectivity index (χ1v) is 8.73. The third-order valence-corrected chi connectivity index (χ3v) is 4.81. The number of hydrogen-bond acceptors (Lipinski definition) is 3. The Bertz CT molecular complexity index is 714. The summed E-state index contributed by atoms with van der Waals surface area (Å²) in [5.41, 5.74) is 3.72. The van der Waals surface area contributed by atoms with E-state index in [9.17, 15) is 4.79 Å². The topological polar surface area (TPSA) is 45.2 Å². The predicted octanol–water partition coefficient (Wildman–Crippen LogP) is 3.27. The molecule has 0 spiro atoms. The lowest BCUT2D eigenvalue weighted by Crippen LogP contribution is -2.40. The molecule has 4 heteroatoms. The quantitative estimate of drug-likeness (QED) is 0.918. The van der Waals surface area contributed by atoms with Crippen LogP contribution in [-0.2, 0) is 0 Å². The summed E-state index contributed by atoms with van der Waals surface area (Å²) >= 11 is 0. The molecule has 0 radical (unpaired) electrons. The van der Waals surface area contributed by atoms with Crippen LogP contribution in [-0.4, -0.2) is 41.5 Å². The fourth-order valence-electron chi connectivity index (χ4n) is 3.45. The maximum atomic E-state index is 12.5. The maximum absolute atomic E-state index is 12.5. The van der Waals surface area contributed by atoms with Crippen molar-refractivity contribution in [1.29, 1.82) is 0 Å². The van der Waals surface area contributed by atoms with Gasteiger partial charge in [0.05, 0.1) is 5.69 Å². The van der Waals surface area contributed by atoms with Crippen molar-refractivity contribution >= 4 is 5.91 Å². The van der Waals surface area contributed by atoms with Crippen LogP contribution in [0.2, 0.25) is 0 Å². The summed E-state index contributed by atoms with van der Waals surface area (Å²) < 4.78 is 0. The van der Waals surface area contributed by atoms with Crippen molar-refractivity contribution in [3.05, 3.63) is 53.7 Å². The second-order valence-corrected chi connectivity index (χ2v) is 6.38. The Morgan fingerprint density at radius 1 is 1.33 bits per heavy atom. The molecule has 1 unspecified atom stereocenters. The van der Waals surface area contributed by atoms with Gasteiger partial charge < -0.3 is 5.32 Å². The Labute approximate surface area is 143 Å². The molecule has 2 aromatic rings. The van der Waals surface area contributed by atoms with Gasteiger partial charge in [0.25, 0.3) is 5.91 Å².